The fraction of sp³-hybridized carbons (Fsp3) is 0.350. The third kappa shape index (κ3) is 3.82. The van der Waals surface area contributed by atoms with Gasteiger partial charge in [0.15, 0.2) is 16.8 Å². The predicted octanol–water partition coefficient (Wildman–Crippen LogP) is 5.11. The lowest BCUT2D eigenvalue weighted by molar-refractivity contribution is 0.102. The molecule has 2 aromatic heterocycles. The van der Waals surface area contributed by atoms with Crippen LogP contribution in [0.4, 0.5) is 0 Å². The van der Waals surface area contributed by atoms with Crippen molar-refractivity contribution in [3.05, 3.63) is 52.3 Å². The molecule has 0 aliphatic carbocycles. The average molecular weight is 403 g/mol. The first-order chi connectivity index (χ1) is 12.8. The van der Waals surface area contributed by atoms with Crippen molar-refractivity contribution in [2.24, 2.45) is 7.05 Å². The Balaban J connectivity index is 1.78. The summed E-state index contributed by atoms with van der Waals surface area (Å²) in [5.74, 6) is 1.10. The highest BCUT2D eigenvalue weighted by molar-refractivity contribution is 7.99. The molecule has 2 heterocycles. The van der Waals surface area contributed by atoms with E-state index >= 15 is 0 Å². The molecule has 0 aliphatic rings. The third-order valence-electron chi connectivity index (χ3n) is 4.58. The van der Waals surface area contributed by atoms with Crippen LogP contribution in [0.2, 0.25) is 5.02 Å². The van der Waals surface area contributed by atoms with Crippen LogP contribution in [0.3, 0.4) is 0 Å². The standard InChI is InChI=1S/C20H23ClN4OS/c1-12(2)25-13(3)10-16(14(25)4)18(26)11-27-20-23-22-19(24(20)5)15-8-6-7-9-17(15)21/h6-10,12H,11H2,1-5H3. The number of Topliss-reactive ketones (excluding diaryl/α,β-unsaturated/α-hetero) is 1. The Kier molecular flexibility index (Phi) is 5.77. The number of rotatable bonds is 6. The van der Waals surface area contributed by atoms with Crippen molar-refractivity contribution in [3.8, 4) is 11.4 Å². The Hall–Kier alpha value is -2.05. The highest BCUT2D eigenvalue weighted by atomic mass is 35.5. The van der Waals surface area contributed by atoms with Gasteiger partial charge in [-0.1, -0.05) is 35.5 Å². The van der Waals surface area contributed by atoms with E-state index < -0.39 is 0 Å². The number of aromatic nitrogens is 4. The summed E-state index contributed by atoms with van der Waals surface area (Å²) in [5.41, 5.74) is 3.73. The lowest BCUT2D eigenvalue weighted by atomic mass is 10.2. The number of hydrogen-bond acceptors (Lipinski definition) is 4. The van der Waals surface area contributed by atoms with Crippen molar-refractivity contribution in [2.75, 3.05) is 5.75 Å². The maximum Gasteiger partial charge on any atom is 0.191 e. The van der Waals surface area contributed by atoms with Gasteiger partial charge in [-0.15, -0.1) is 10.2 Å². The highest BCUT2D eigenvalue weighted by Crippen LogP contribution is 2.29. The van der Waals surface area contributed by atoms with Gasteiger partial charge in [0.25, 0.3) is 0 Å². The van der Waals surface area contributed by atoms with E-state index in [1.54, 1.807) is 0 Å². The second-order valence-electron chi connectivity index (χ2n) is 6.81. The van der Waals surface area contributed by atoms with Crippen LogP contribution in [0.1, 0.15) is 41.6 Å². The van der Waals surface area contributed by atoms with Crippen molar-refractivity contribution >= 4 is 29.1 Å². The zero-order valence-electron chi connectivity index (χ0n) is 16.2. The molecule has 0 fully saturated rings. The van der Waals surface area contributed by atoms with Crippen molar-refractivity contribution in [1.82, 2.24) is 19.3 Å². The first kappa shape index (κ1) is 19.7. The van der Waals surface area contributed by atoms with Crippen LogP contribution in [0, 0.1) is 13.8 Å². The number of nitrogens with zero attached hydrogens (tertiary/aromatic N) is 4. The van der Waals surface area contributed by atoms with E-state index in [0.29, 0.717) is 27.8 Å². The molecule has 0 saturated heterocycles. The van der Waals surface area contributed by atoms with Crippen LogP contribution in [0.5, 0.6) is 0 Å². The Morgan fingerprint density at radius 2 is 1.93 bits per heavy atom. The second kappa shape index (κ2) is 7.90. The number of aryl methyl sites for hydroxylation is 1. The summed E-state index contributed by atoms with van der Waals surface area (Å²) < 4.78 is 4.06. The maximum atomic E-state index is 12.8. The molecular formula is C20H23ClN4OS. The Bertz CT molecular complexity index is 990. The lowest BCUT2D eigenvalue weighted by Gasteiger charge is -2.13. The number of carbonyl (C=O) groups is 1. The maximum absolute atomic E-state index is 12.8. The number of hydrogen-bond donors (Lipinski definition) is 0. The van der Waals surface area contributed by atoms with Crippen LogP contribution >= 0.6 is 23.4 Å². The van der Waals surface area contributed by atoms with Crippen LogP contribution in [-0.2, 0) is 7.05 Å². The number of halogens is 1. The fourth-order valence-electron chi connectivity index (χ4n) is 3.38. The van der Waals surface area contributed by atoms with Gasteiger partial charge < -0.3 is 9.13 Å². The monoisotopic (exact) mass is 402 g/mol. The summed E-state index contributed by atoms with van der Waals surface area (Å²) in [4.78, 5) is 12.8. The molecule has 0 radical (unpaired) electrons. The van der Waals surface area contributed by atoms with Crippen molar-refractivity contribution < 1.29 is 4.79 Å². The third-order valence-corrected chi connectivity index (χ3v) is 5.93. The van der Waals surface area contributed by atoms with Gasteiger partial charge in [-0.2, -0.15) is 0 Å². The molecule has 5 nitrogen and oxygen atoms in total. The van der Waals surface area contributed by atoms with Gasteiger partial charge in [0.2, 0.25) is 0 Å². The van der Waals surface area contributed by atoms with Gasteiger partial charge in [-0.25, -0.2) is 0 Å². The summed E-state index contributed by atoms with van der Waals surface area (Å²) in [5, 5.41) is 9.80. The Labute approximate surface area is 168 Å². The average Bonchev–Trinajstić information content (AvgIpc) is 3.12. The molecule has 3 aromatic rings. The topological polar surface area (TPSA) is 52.7 Å². The van der Waals surface area contributed by atoms with Gasteiger partial charge in [-0.05, 0) is 45.9 Å². The van der Waals surface area contributed by atoms with Crippen molar-refractivity contribution in [2.45, 2.75) is 38.9 Å². The molecule has 0 bridgehead atoms. The SMILES string of the molecule is Cc1cc(C(=O)CSc2nnc(-c3ccccc3Cl)n2C)c(C)n1C(C)C. The van der Waals surface area contributed by atoms with Crippen LogP contribution in [0.15, 0.2) is 35.5 Å². The largest absolute Gasteiger partial charge is 0.346 e. The normalized spacial score (nSPS) is 11.4. The van der Waals surface area contributed by atoms with E-state index in [0.717, 1.165) is 22.5 Å². The van der Waals surface area contributed by atoms with Gasteiger partial charge in [0, 0.05) is 35.6 Å². The fourth-order valence-corrected chi connectivity index (χ4v) is 4.39. The second-order valence-corrected chi connectivity index (χ2v) is 8.16. The molecule has 0 unspecified atom stereocenters. The Morgan fingerprint density at radius 1 is 1.22 bits per heavy atom. The molecule has 7 heteroatoms. The number of carbonyl (C=O) groups excluding carboxylic acids is 1. The molecule has 0 atom stereocenters. The number of thioether (sulfide) groups is 1. The summed E-state index contributed by atoms with van der Waals surface area (Å²) in [6.45, 7) is 8.29. The van der Waals surface area contributed by atoms with Crippen molar-refractivity contribution in [3.63, 3.8) is 0 Å². The predicted molar refractivity (Wildman–Crippen MR) is 111 cm³/mol. The zero-order chi connectivity index (χ0) is 19.7. The molecule has 3 rings (SSSR count). The summed E-state index contributed by atoms with van der Waals surface area (Å²) in [6.07, 6.45) is 0. The molecule has 0 spiro atoms. The van der Waals surface area contributed by atoms with Crippen molar-refractivity contribution in [1.29, 1.82) is 0 Å². The van der Waals surface area contributed by atoms with Gasteiger partial charge in [0.1, 0.15) is 0 Å². The summed E-state index contributed by atoms with van der Waals surface area (Å²) >= 11 is 7.65. The molecule has 0 aliphatic heterocycles. The first-order valence-electron chi connectivity index (χ1n) is 8.80. The van der Waals surface area contributed by atoms with Gasteiger partial charge in [-0.3, -0.25) is 4.79 Å². The molecule has 142 valence electrons. The lowest BCUT2D eigenvalue weighted by Crippen LogP contribution is -2.08. The van der Waals surface area contributed by atoms with Crippen LogP contribution in [-0.4, -0.2) is 30.9 Å². The molecule has 0 N–H and O–H groups in total. The molecule has 27 heavy (non-hydrogen) atoms. The van der Waals surface area contributed by atoms with E-state index in [-0.39, 0.29) is 5.78 Å². The minimum absolute atomic E-state index is 0.0993. The van der Waals surface area contributed by atoms with Crippen LogP contribution < -0.4 is 0 Å². The number of benzene rings is 1. The highest BCUT2D eigenvalue weighted by Gasteiger charge is 2.19. The molecule has 0 saturated carbocycles. The minimum atomic E-state index is 0.0993. The van der Waals surface area contributed by atoms with Gasteiger partial charge >= 0.3 is 0 Å². The van der Waals surface area contributed by atoms with E-state index in [1.807, 2.05) is 55.8 Å². The molecule has 0 amide bonds. The van der Waals surface area contributed by atoms with Crippen LogP contribution in [0.25, 0.3) is 11.4 Å². The first-order valence-corrected chi connectivity index (χ1v) is 10.2. The van der Waals surface area contributed by atoms with E-state index in [2.05, 4.69) is 28.6 Å². The number of ketones is 1. The van der Waals surface area contributed by atoms with Gasteiger partial charge in [0.05, 0.1) is 10.8 Å². The summed E-state index contributed by atoms with van der Waals surface area (Å²) in [6, 6.07) is 9.83. The zero-order valence-corrected chi connectivity index (χ0v) is 17.7. The van der Waals surface area contributed by atoms with E-state index in [9.17, 15) is 4.79 Å². The minimum Gasteiger partial charge on any atom is -0.346 e. The van der Waals surface area contributed by atoms with E-state index in [1.165, 1.54) is 11.8 Å². The molecular weight excluding hydrogens is 380 g/mol. The quantitative estimate of drug-likeness (QED) is 0.424. The summed E-state index contributed by atoms with van der Waals surface area (Å²) in [7, 11) is 1.89. The molecule has 1 aromatic carbocycles. The Morgan fingerprint density at radius 3 is 2.56 bits per heavy atom. The smallest absolute Gasteiger partial charge is 0.191 e. The van der Waals surface area contributed by atoms with E-state index in [4.69, 9.17) is 11.6 Å².